The Balaban J connectivity index is 3.01. The highest BCUT2D eigenvalue weighted by Crippen LogP contribution is 1.87. The molecule has 0 saturated heterocycles. The van der Waals surface area contributed by atoms with Gasteiger partial charge in [0, 0.05) is 6.61 Å². The summed E-state index contributed by atoms with van der Waals surface area (Å²) < 4.78 is 53.4. The highest BCUT2D eigenvalue weighted by molar-refractivity contribution is 5.66. The van der Waals surface area contributed by atoms with E-state index in [0.29, 0.717) is 126 Å². The van der Waals surface area contributed by atoms with Crippen LogP contribution in [-0.2, 0) is 52.2 Å². The van der Waals surface area contributed by atoms with Crippen molar-refractivity contribution in [1.29, 1.82) is 0 Å². The van der Waals surface area contributed by atoms with Gasteiger partial charge in [0.05, 0.1) is 132 Å². The summed E-state index contributed by atoms with van der Waals surface area (Å²) in [6.07, 6.45) is 0.00234. The average molecular weight is 515 g/mol. The third-order valence-electron chi connectivity index (χ3n) is 4.01. The first-order chi connectivity index (χ1) is 17.3. The molecule has 0 saturated carbocycles. The van der Waals surface area contributed by atoms with Crippen molar-refractivity contribution >= 4 is 5.97 Å². The lowest BCUT2D eigenvalue weighted by Crippen LogP contribution is -2.15. The highest BCUT2D eigenvalue weighted by Gasteiger charge is 1.97. The second-order valence-corrected chi connectivity index (χ2v) is 6.85. The number of rotatable bonds is 31. The summed E-state index contributed by atoms with van der Waals surface area (Å²) in [4.78, 5) is 10.3. The summed E-state index contributed by atoms with van der Waals surface area (Å²) >= 11 is 0. The average Bonchev–Trinajstić information content (AvgIpc) is 2.85. The third-order valence-corrected chi connectivity index (χ3v) is 4.01. The van der Waals surface area contributed by atoms with Crippen LogP contribution in [-0.4, -0.2) is 143 Å². The monoisotopic (exact) mass is 514 g/mol. The molecule has 210 valence electrons. The van der Waals surface area contributed by atoms with Crippen LogP contribution in [0, 0.1) is 0 Å². The summed E-state index contributed by atoms with van der Waals surface area (Å²) in [6, 6.07) is 0. The lowest BCUT2D eigenvalue weighted by molar-refractivity contribution is -0.138. The van der Waals surface area contributed by atoms with E-state index in [1.165, 1.54) is 0 Å². The Hall–Kier alpha value is -0.930. The van der Waals surface area contributed by atoms with Gasteiger partial charge >= 0.3 is 5.97 Å². The van der Waals surface area contributed by atoms with Crippen molar-refractivity contribution in [2.45, 2.75) is 13.3 Å². The second kappa shape index (κ2) is 31.1. The van der Waals surface area contributed by atoms with Crippen LogP contribution in [0.2, 0.25) is 0 Å². The Morgan fingerprint density at radius 2 is 0.600 bits per heavy atom. The molecule has 0 aliphatic carbocycles. The number of hydrogen-bond acceptors (Lipinski definition) is 11. The zero-order chi connectivity index (χ0) is 25.5. The van der Waals surface area contributed by atoms with Crippen molar-refractivity contribution in [2.75, 3.05) is 132 Å². The maximum Gasteiger partial charge on any atom is 0.305 e. The molecule has 1 N–H and O–H groups in total. The summed E-state index contributed by atoms with van der Waals surface area (Å²) in [5.74, 6) is -0.871. The van der Waals surface area contributed by atoms with Gasteiger partial charge in [-0.05, 0) is 6.92 Å². The molecule has 0 atom stereocenters. The number of hydrogen-bond donors (Lipinski definition) is 1. The Labute approximate surface area is 209 Å². The van der Waals surface area contributed by atoms with E-state index < -0.39 is 5.97 Å². The van der Waals surface area contributed by atoms with Crippen LogP contribution in [0.15, 0.2) is 0 Å². The largest absolute Gasteiger partial charge is 0.481 e. The van der Waals surface area contributed by atoms with E-state index in [4.69, 9.17) is 52.5 Å². The van der Waals surface area contributed by atoms with E-state index in [0.717, 1.165) is 0 Å². The number of carboxylic acid groups (broad SMARTS) is 1. The van der Waals surface area contributed by atoms with Crippen LogP contribution in [0.25, 0.3) is 0 Å². The zero-order valence-electron chi connectivity index (χ0n) is 21.3. The Kier molecular flexibility index (Phi) is 30.3. The van der Waals surface area contributed by atoms with Gasteiger partial charge in [-0.3, -0.25) is 4.79 Å². The molecule has 0 radical (unpaired) electrons. The molecule has 0 heterocycles. The number of ether oxygens (including phenoxy) is 10. The topological polar surface area (TPSA) is 130 Å². The van der Waals surface area contributed by atoms with Gasteiger partial charge in [-0.1, -0.05) is 0 Å². The predicted molar refractivity (Wildman–Crippen MR) is 126 cm³/mol. The molecule has 0 unspecified atom stereocenters. The fraction of sp³-hybridized carbons (Fsp3) is 0.957. The minimum atomic E-state index is -0.871. The highest BCUT2D eigenvalue weighted by atomic mass is 16.6. The van der Waals surface area contributed by atoms with Crippen LogP contribution in [0.3, 0.4) is 0 Å². The van der Waals surface area contributed by atoms with Gasteiger partial charge in [-0.2, -0.15) is 0 Å². The van der Waals surface area contributed by atoms with Crippen molar-refractivity contribution in [2.24, 2.45) is 0 Å². The molecule has 0 spiro atoms. The fourth-order valence-electron chi connectivity index (χ4n) is 2.28. The van der Waals surface area contributed by atoms with E-state index >= 15 is 0 Å². The van der Waals surface area contributed by atoms with E-state index in [1.807, 2.05) is 6.92 Å². The molecule has 0 fully saturated rings. The molecule has 0 aromatic carbocycles. The molecular weight excluding hydrogens is 468 g/mol. The van der Waals surface area contributed by atoms with Crippen molar-refractivity contribution in [3.63, 3.8) is 0 Å². The second-order valence-electron chi connectivity index (χ2n) is 6.85. The van der Waals surface area contributed by atoms with Gasteiger partial charge in [-0.15, -0.1) is 0 Å². The first kappa shape index (κ1) is 34.1. The van der Waals surface area contributed by atoms with Gasteiger partial charge in [-0.25, -0.2) is 0 Å². The van der Waals surface area contributed by atoms with Gasteiger partial charge in [0.1, 0.15) is 0 Å². The van der Waals surface area contributed by atoms with Crippen LogP contribution in [0.1, 0.15) is 13.3 Å². The Morgan fingerprint density at radius 3 is 0.800 bits per heavy atom. The summed E-state index contributed by atoms with van der Waals surface area (Å²) in [5, 5.41) is 8.46. The van der Waals surface area contributed by atoms with E-state index in [-0.39, 0.29) is 13.0 Å². The summed E-state index contributed by atoms with van der Waals surface area (Å²) in [5.41, 5.74) is 0. The van der Waals surface area contributed by atoms with Crippen LogP contribution in [0.5, 0.6) is 0 Å². The molecular formula is C23H46O12. The Morgan fingerprint density at radius 1 is 0.400 bits per heavy atom. The lowest BCUT2D eigenvalue weighted by atomic mass is 10.5. The van der Waals surface area contributed by atoms with Crippen molar-refractivity contribution in [1.82, 2.24) is 0 Å². The molecule has 0 aliphatic heterocycles. The van der Waals surface area contributed by atoms with Crippen molar-refractivity contribution < 1.29 is 57.3 Å². The molecule has 12 nitrogen and oxygen atoms in total. The number of aliphatic carboxylic acids is 1. The van der Waals surface area contributed by atoms with Gasteiger partial charge in [0.25, 0.3) is 0 Å². The normalized spacial score (nSPS) is 11.3. The minimum absolute atomic E-state index is 0.00234. The standard InChI is InChI=1S/C23H46O12/c1-2-26-5-6-28-9-10-30-13-14-32-17-18-34-21-22-35-20-19-33-16-15-31-12-11-29-8-7-27-4-3-23(24)25/h2-22H2,1H3,(H,24,25). The summed E-state index contributed by atoms with van der Waals surface area (Å²) in [7, 11) is 0. The molecule has 0 bridgehead atoms. The fourth-order valence-corrected chi connectivity index (χ4v) is 2.28. The summed E-state index contributed by atoms with van der Waals surface area (Å²) in [6.45, 7) is 11.9. The molecule has 0 rings (SSSR count). The molecule has 0 aromatic heterocycles. The molecule has 12 heteroatoms. The third kappa shape index (κ3) is 33.1. The first-order valence-electron chi connectivity index (χ1n) is 12.3. The molecule has 0 aromatic rings. The van der Waals surface area contributed by atoms with E-state index in [1.54, 1.807) is 0 Å². The van der Waals surface area contributed by atoms with E-state index in [9.17, 15) is 4.79 Å². The van der Waals surface area contributed by atoms with E-state index in [2.05, 4.69) is 0 Å². The van der Waals surface area contributed by atoms with Crippen molar-refractivity contribution in [3.8, 4) is 0 Å². The molecule has 0 aliphatic rings. The van der Waals surface area contributed by atoms with Gasteiger partial charge in [0.2, 0.25) is 0 Å². The van der Waals surface area contributed by atoms with Gasteiger partial charge < -0.3 is 52.5 Å². The SMILES string of the molecule is CCOCCOCCOCCOCCOCCOCCOCCOCCOCCOCCC(=O)O. The quantitative estimate of drug-likeness (QED) is 0.130. The maximum absolute atomic E-state index is 10.3. The Bertz CT molecular complexity index is 414. The predicted octanol–water partition coefficient (Wildman–Crippen LogP) is 0.647. The number of carboxylic acids is 1. The molecule has 35 heavy (non-hydrogen) atoms. The van der Waals surface area contributed by atoms with Crippen LogP contribution < -0.4 is 0 Å². The lowest BCUT2D eigenvalue weighted by Gasteiger charge is -2.09. The smallest absolute Gasteiger partial charge is 0.305 e. The van der Waals surface area contributed by atoms with Gasteiger partial charge in [0.15, 0.2) is 0 Å². The first-order valence-corrected chi connectivity index (χ1v) is 12.3. The van der Waals surface area contributed by atoms with Crippen LogP contribution in [0.4, 0.5) is 0 Å². The minimum Gasteiger partial charge on any atom is -0.481 e. The zero-order valence-corrected chi connectivity index (χ0v) is 21.3. The van der Waals surface area contributed by atoms with Crippen LogP contribution >= 0.6 is 0 Å². The molecule has 0 amide bonds. The van der Waals surface area contributed by atoms with Crippen molar-refractivity contribution in [3.05, 3.63) is 0 Å². The maximum atomic E-state index is 10.3. The number of carbonyl (C=O) groups is 1.